The van der Waals surface area contributed by atoms with Crippen molar-refractivity contribution in [1.82, 2.24) is 10.2 Å². The number of thiophene rings is 1. The first-order valence-corrected chi connectivity index (χ1v) is 12.2. The number of carbonyl (C=O) groups excluding carboxylic acids is 2. The first kappa shape index (κ1) is 22.0. The van der Waals surface area contributed by atoms with Crippen LogP contribution in [0.4, 0.5) is 0 Å². The molecular weight excluding hydrogens is 408 g/mol. The SMILES string of the molecule is CC(C)NC(=O)[C@]1(Cc2ccccc2-c2cccs2)CCN(C(=O)[C@@H]2CCCCO2)C1. The molecule has 2 amide bonds. The van der Waals surface area contributed by atoms with Crippen LogP contribution in [0.3, 0.4) is 0 Å². The average Bonchev–Trinajstić information content (AvgIpc) is 3.45. The third-order valence-electron chi connectivity index (χ3n) is 6.35. The summed E-state index contributed by atoms with van der Waals surface area (Å²) in [5, 5.41) is 5.21. The third-order valence-corrected chi connectivity index (χ3v) is 7.26. The van der Waals surface area contributed by atoms with E-state index in [-0.39, 0.29) is 24.0 Å². The lowest BCUT2D eigenvalue weighted by molar-refractivity contribution is -0.146. The minimum absolute atomic E-state index is 0.0448. The maximum atomic E-state index is 13.4. The van der Waals surface area contributed by atoms with Gasteiger partial charge in [-0.25, -0.2) is 0 Å². The number of nitrogens with zero attached hydrogens (tertiary/aromatic N) is 1. The van der Waals surface area contributed by atoms with Crippen LogP contribution in [0.25, 0.3) is 10.4 Å². The van der Waals surface area contributed by atoms with Crippen LogP contribution >= 0.6 is 11.3 Å². The van der Waals surface area contributed by atoms with Gasteiger partial charge in [0.1, 0.15) is 6.10 Å². The molecule has 6 heteroatoms. The molecule has 2 saturated heterocycles. The smallest absolute Gasteiger partial charge is 0.251 e. The third kappa shape index (κ3) is 4.85. The molecule has 0 bridgehead atoms. The summed E-state index contributed by atoms with van der Waals surface area (Å²) in [4.78, 5) is 29.6. The molecule has 3 heterocycles. The fraction of sp³-hybridized carbons (Fsp3) is 0.520. The van der Waals surface area contributed by atoms with Crippen molar-refractivity contribution in [3.8, 4) is 10.4 Å². The van der Waals surface area contributed by atoms with Crippen LogP contribution < -0.4 is 5.32 Å². The van der Waals surface area contributed by atoms with Crippen LogP contribution in [0.1, 0.15) is 45.1 Å². The van der Waals surface area contributed by atoms with Crippen LogP contribution in [0, 0.1) is 5.41 Å². The number of rotatable bonds is 6. The number of amides is 2. The second kappa shape index (κ2) is 9.53. The molecule has 1 aromatic carbocycles. The van der Waals surface area contributed by atoms with E-state index in [1.807, 2.05) is 30.9 Å². The Morgan fingerprint density at radius 3 is 2.77 bits per heavy atom. The van der Waals surface area contributed by atoms with Gasteiger partial charge in [-0.3, -0.25) is 9.59 Å². The molecule has 0 spiro atoms. The van der Waals surface area contributed by atoms with E-state index in [4.69, 9.17) is 4.74 Å². The van der Waals surface area contributed by atoms with Gasteiger partial charge in [-0.05, 0) is 68.5 Å². The Morgan fingerprint density at radius 1 is 1.23 bits per heavy atom. The van der Waals surface area contributed by atoms with Gasteiger partial charge < -0.3 is 15.0 Å². The first-order valence-electron chi connectivity index (χ1n) is 11.3. The van der Waals surface area contributed by atoms with Gasteiger partial charge in [0.25, 0.3) is 5.91 Å². The molecule has 5 nitrogen and oxygen atoms in total. The highest BCUT2D eigenvalue weighted by atomic mass is 32.1. The van der Waals surface area contributed by atoms with Crippen molar-refractivity contribution in [3.63, 3.8) is 0 Å². The van der Waals surface area contributed by atoms with Gasteiger partial charge in [0, 0.05) is 30.6 Å². The molecule has 1 aromatic heterocycles. The molecule has 0 radical (unpaired) electrons. The average molecular weight is 441 g/mol. The Kier molecular flexibility index (Phi) is 6.77. The van der Waals surface area contributed by atoms with Gasteiger partial charge in [-0.2, -0.15) is 0 Å². The van der Waals surface area contributed by atoms with Gasteiger partial charge in [0.05, 0.1) is 5.41 Å². The maximum absolute atomic E-state index is 13.4. The Hall–Kier alpha value is -2.18. The van der Waals surface area contributed by atoms with Crippen molar-refractivity contribution >= 4 is 23.2 Å². The minimum Gasteiger partial charge on any atom is -0.368 e. The van der Waals surface area contributed by atoms with E-state index < -0.39 is 5.41 Å². The largest absolute Gasteiger partial charge is 0.368 e. The molecule has 2 atom stereocenters. The zero-order valence-corrected chi connectivity index (χ0v) is 19.2. The fourth-order valence-corrected chi connectivity index (χ4v) is 5.52. The minimum atomic E-state index is -0.623. The highest BCUT2D eigenvalue weighted by molar-refractivity contribution is 7.13. The Balaban J connectivity index is 1.60. The number of carbonyl (C=O) groups is 2. The van der Waals surface area contributed by atoms with E-state index in [1.165, 1.54) is 10.4 Å². The molecule has 0 aliphatic carbocycles. The molecule has 166 valence electrons. The molecule has 0 saturated carbocycles. The van der Waals surface area contributed by atoms with E-state index in [1.54, 1.807) is 11.3 Å². The van der Waals surface area contributed by atoms with E-state index in [0.29, 0.717) is 32.5 Å². The van der Waals surface area contributed by atoms with Crippen LogP contribution in [-0.2, 0) is 20.7 Å². The summed E-state index contributed by atoms with van der Waals surface area (Å²) in [5.41, 5.74) is 1.71. The lowest BCUT2D eigenvalue weighted by Crippen LogP contribution is -2.48. The zero-order valence-electron chi connectivity index (χ0n) is 18.4. The van der Waals surface area contributed by atoms with Crippen molar-refractivity contribution in [2.45, 2.75) is 58.1 Å². The Bertz CT molecular complexity index is 905. The van der Waals surface area contributed by atoms with Crippen LogP contribution in [0.15, 0.2) is 41.8 Å². The van der Waals surface area contributed by atoms with Crippen molar-refractivity contribution in [2.24, 2.45) is 5.41 Å². The van der Waals surface area contributed by atoms with Crippen molar-refractivity contribution in [3.05, 3.63) is 47.3 Å². The molecule has 1 N–H and O–H groups in total. The summed E-state index contributed by atoms with van der Waals surface area (Å²) in [6, 6.07) is 12.6. The molecular formula is C25H32N2O3S. The number of hydrogen-bond acceptors (Lipinski definition) is 4. The monoisotopic (exact) mass is 440 g/mol. The lowest BCUT2D eigenvalue weighted by atomic mass is 9.78. The summed E-state index contributed by atoms with van der Waals surface area (Å²) >= 11 is 1.71. The topological polar surface area (TPSA) is 58.6 Å². The molecule has 31 heavy (non-hydrogen) atoms. The standard InChI is InChI=1S/C25H32N2O3S/c1-18(2)26-24(29)25(12-13-27(17-25)23(28)21-10-5-6-14-30-21)16-19-8-3-4-9-20(19)22-11-7-15-31-22/h3-4,7-9,11,15,18,21H,5-6,10,12-14,16-17H2,1-2H3,(H,26,29)/t21-,25-/m0/s1. The van der Waals surface area contributed by atoms with Crippen molar-refractivity contribution in [2.75, 3.05) is 19.7 Å². The molecule has 2 aliphatic heterocycles. The van der Waals surface area contributed by atoms with Crippen molar-refractivity contribution < 1.29 is 14.3 Å². The first-order chi connectivity index (χ1) is 15.0. The number of ether oxygens (including phenoxy) is 1. The summed E-state index contributed by atoms with van der Waals surface area (Å²) < 4.78 is 5.74. The molecule has 2 aliphatic rings. The van der Waals surface area contributed by atoms with E-state index in [9.17, 15) is 9.59 Å². The summed E-state index contributed by atoms with van der Waals surface area (Å²) in [7, 11) is 0. The molecule has 0 unspecified atom stereocenters. The highest BCUT2D eigenvalue weighted by Crippen LogP contribution is 2.39. The van der Waals surface area contributed by atoms with E-state index in [2.05, 4.69) is 35.0 Å². The van der Waals surface area contributed by atoms with Gasteiger partial charge in [-0.1, -0.05) is 30.3 Å². The molecule has 2 fully saturated rings. The lowest BCUT2D eigenvalue weighted by Gasteiger charge is -2.31. The number of likely N-dealkylation sites (tertiary alicyclic amines) is 1. The van der Waals surface area contributed by atoms with Gasteiger partial charge in [-0.15, -0.1) is 11.3 Å². The Labute approximate surface area is 188 Å². The molecule has 2 aromatic rings. The molecule has 4 rings (SSSR count). The Morgan fingerprint density at radius 2 is 2.06 bits per heavy atom. The van der Waals surface area contributed by atoms with E-state index >= 15 is 0 Å². The second-order valence-corrected chi connectivity index (χ2v) is 10.0. The predicted octanol–water partition coefficient (Wildman–Crippen LogP) is 4.27. The number of nitrogens with one attached hydrogen (secondary N) is 1. The zero-order chi connectivity index (χ0) is 21.8. The second-order valence-electron chi connectivity index (χ2n) is 9.08. The fourth-order valence-electron chi connectivity index (χ4n) is 4.74. The van der Waals surface area contributed by atoms with Gasteiger partial charge in [0.15, 0.2) is 0 Å². The van der Waals surface area contributed by atoms with Gasteiger partial charge in [0.2, 0.25) is 5.91 Å². The summed E-state index contributed by atoms with van der Waals surface area (Å²) in [6.07, 6.45) is 3.76. The highest BCUT2D eigenvalue weighted by Gasteiger charge is 2.47. The quantitative estimate of drug-likeness (QED) is 0.730. The summed E-state index contributed by atoms with van der Waals surface area (Å²) in [6.45, 7) is 5.67. The van der Waals surface area contributed by atoms with Crippen LogP contribution in [0.2, 0.25) is 0 Å². The predicted molar refractivity (Wildman–Crippen MR) is 124 cm³/mol. The van der Waals surface area contributed by atoms with Gasteiger partial charge >= 0.3 is 0 Å². The number of hydrogen-bond donors (Lipinski definition) is 1. The number of benzene rings is 1. The van der Waals surface area contributed by atoms with Crippen LogP contribution in [0.5, 0.6) is 0 Å². The maximum Gasteiger partial charge on any atom is 0.251 e. The van der Waals surface area contributed by atoms with Crippen LogP contribution in [-0.4, -0.2) is 48.6 Å². The van der Waals surface area contributed by atoms with Crippen molar-refractivity contribution in [1.29, 1.82) is 0 Å². The summed E-state index contributed by atoms with van der Waals surface area (Å²) in [5.74, 6) is 0.0915. The normalized spacial score (nSPS) is 23.8. The van der Waals surface area contributed by atoms with E-state index in [0.717, 1.165) is 24.8 Å².